The first-order valence-corrected chi connectivity index (χ1v) is 5.30. The Labute approximate surface area is 99.1 Å². The molecule has 17 heavy (non-hydrogen) atoms. The molecule has 0 fully saturated rings. The van der Waals surface area contributed by atoms with E-state index in [4.69, 9.17) is 5.11 Å². The minimum Gasteiger partial charge on any atom is -0.478 e. The predicted molar refractivity (Wildman–Crippen MR) is 65.9 cm³/mol. The van der Waals surface area contributed by atoms with Gasteiger partial charge >= 0.3 is 5.97 Å². The summed E-state index contributed by atoms with van der Waals surface area (Å²) in [4.78, 5) is 11.1. The van der Waals surface area contributed by atoms with Gasteiger partial charge in [0.1, 0.15) is 0 Å². The van der Waals surface area contributed by atoms with Gasteiger partial charge in [0.15, 0.2) is 0 Å². The SMILES string of the molecule is C=C1C=CC(CN2N=CCC=N2)=C(C(=O)O)C1. The number of hydrogen-bond donors (Lipinski definition) is 1. The van der Waals surface area contributed by atoms with Crippen LogP contribution in [-0.2, 0) is 4.79 Å². The number of carboxylic acid groups (broad SMARTS) is 1. The molecule has 5 nitrogen and oxygen atoms in total. The van der Waals surface area contributed by atoms with Crippen LogP contribution in [0.5, 0.6) is 0 Å². The van der Waals surface area contributed by atoms with Gasteiger partial charge in [-0.3, -0.25) is 0 Å². The van der Waals surface area contributed by atoms with E-state index in [-0.39, 0.29) is 0 Å². The maximum Gasteiger partial charge on any atom is 0.332 e. The van der Waals surface area contributed by atoms with Crippen molar-refractivity contribution in [1.82, 2.24) is 5.12 Å². The van der Waals surface area contributed by atoms with E-state index in [1.807, 2.05) is 6.08 Å². The van der Waals surface area contributed by atoms with Crippen LogP contribution in [0.2, 0.25) is 0 Å². The Morgan fingerprint density at radius 3 is 2.76 bits per heavy atom. The van der Waals surface area contributed by atoms with Crippen LogP contribution in [-0.4, -0.2) is 35.2 Å². The first-order valence-electron chi connectivity index (χ1n) is 5.30. The molecule has 0 aromatic carbocycles. The second-order valence-corrected chi connectivity index (χ2v) is 3.84. The fourth-order valence-electron chi connectivity index (χ4n) is 1.67. The summed E-state index contributed by atoms with van der Waals surface area (Å²) in [6.07, 6.45) is 8.17. The molecule has 0 spiro atoms. The molecule has 0 aromatic heterocycles. The second-order valence-electron chi connectivity index (χ2n) is 3.84. The van der Waals surface area contributed by atoms with Crippen molar-refractivity contribution >= 4 is 18.4 Å². The van der Waals surface area contributed by atoms with Crippen LogP contribution in [0.1, 0.15) is 12.8 Å². The van der Waals surface area contributed by atoms with Crippen molar-refractivity contribution in [2.75, 3.05) is 6.54 Å². The van der Waals surface area contributed by atoms with E-state index in [0.29, 0.717) is 25.0 Å². The summed E-state index contributed by atoms with van der Waals surface area (Å²) in [5.74, 6) is -0.907. The number of hydrogen-bond acceptors (Lipinski definition) is 4. The molecule has 0 bridgehead atoms. The van der Waals surface area contributed by atoms with Crippen molar-refractivity contribution in [2.45, 2.75) is 12.8 Å². The smallest absolute Gasteiger partial charge is 0.332 e. The number of allylic oxidation sites excluding steroid dienone is 2. The van der Waals surface area contributed by atoms with E-state index in [9.17, 15) is 4.79 Å². The molecule has 0 saturated carbocycles. The molecule has 5 heteroatoms. The molecule has 2 rings (SSSR count). The summed E-state index contributed by atoms with van der Waals surface area (Å²) >= 11 is 0. The zero-order valence-electron chi connectivity index (χ0n) is 9.33. The molecule has 1 heterocycles. The molecular formula is C12H13N3O2. The van der Waals surface area contributed by atoms with Crippen molar-refractivity contribution in [1.29, 1.82) is 0 Å². The quantitative estimate of drug-likeness (QED) is 0.801. The average molecular weight is 231 g/mol. The van der Waals surface area contributed by atoms with Crippen LogP contribution in [0.25, 0.3) is 0 Å². The predicted octanol–water partition coefficient (Wildman–Crippen LogP) is 1.56. The highest BCUT2D eigenvalue weighted by Crippen LogP contribution is 2.23. The van der Waals surface area contributed by atoms with E-state index in [0.717, 1.165) is 11.1 Å². The topological polar surface area (TPSA) is 65.3 Å². The van der Waals surface area contributed by atoms with Gasteiger partial charge in [0, 0.05) is 30.8 Å². The van der Waals surface area contributed by atoms with E-state index in [1.165, 1.54) is 5.12 Å². The number of carboxylic acids is 1. The summed E-state index contributed by atoms with van der Waals surface area (Å²) in [6, 6.07) is 0. The zero-order valence-corrected chi connectivity index (χ0v) is 9.33. The van der Waals surface area contributed by atoms with Crippen molar-refractivity contribution in [3.8, 4) is 0 Å². The fraction of sp³-hybridized carbons (Fsp3) is 0.250. The average Bonchev–Trinajstić information content (AvgIpc) is 2.32. The van der Waals surface area contributed by atoms with E-state index in [2.05, 4.69) is 16.8 Å². The third-order valence-corrected chi connectivity index (χ3v) is 2.52. The number of aliphatic carboxylic acids is 1. The van der Waals surface area contributed by atoms with Gasteiger partial charge in [0.25, 0.3) is 0 Å². The summed E-state index contributed by atoms with van der Waals surface area (Å²) in [5, 5.41) is 18.7. The number of carbonyl (C=O) groups is 1. The standard InChI is InChI=1S/C12H13N3O2/c1-9-3-4-10(11(7-9)12(16)17)8-15-13-5-2-6-14-15/h3-6H,1-2,7-8H2,(H,16,17). The fourth-order valence-corrected chi connectivity index (χ4v) is 1.67. The van der Waals surface area contributed by atoms with Gasteiger partial charge in [-0.25, -0.2) is 4.79 Å². The van der Waals surface area contributed by atoms with Gasteiger partial charge < -0.3 is 5.11 Å². The van der Waals surface area contributed by atoms with Crippen molar-refractivity contribution in [2.24, 2.45) is 10.2 Å². The molecule has 0 aromatic rings. The largest absolute Gasteiger partial charge is 0.478 e. The van der Waals surface area contributed by atoms with E-state index in [1.54, 1.807) is 18.5 Å². The lowest BCUT2D eigenvalue weighted by Crippen LogP contribution is -2.20. The molecule has 0 radical (unpaired) electrons. The van der Waals surface area contributed by atoms with Crippen molar-refractivity contribution < 1.29 is 9.90 Å². The molecule has 0 unspecified atom stereocenters. The summed E-state index contributed by atoms with van der Waals surface area (Å²) < 4.78 is 0. The van der Waals surface area contributed by atoms with Gasteiger partial charge in [0.05, 0.1) is 6.54 Å². The minimum atomic E-state index is -0.907. The Morgan fingerprint density at radius 1 is 1.41 bits per heavy atom. The third-order valence-electron chi connectivity index (χ3n) is 2.52. The minimum absolute atomic E-state index is 0.369. The molecule has 0 amide bonds. The zero-order chi connectivity index (χ0) is 12.3. The lowest BCUT2D eigenvalue weighted by Gasteiger charge is -2.19. The number of hydrazone groups is 2. The maximum atomic E-state index is 11.1. The molecular weight excluding hydrogens is 218 g/mol. The first-order chi connectivity index (χ1) is 8.16. The highest BCUT2D eigenvalue weighted by Gasteiger charge is 2.18. The Balaban J connectivity index is 2.19. The summed E-state index contributed by atoms with van der Waals surface area (Å²) in [7, 11) is 0. The van der Waals surface area contributed by atoms with Crippen LogP contribution in [0, 0.1) is 0 Å². The monoisotopic (exact) mass is 231 g/mol. The lowest BCUT2D eigenvalue weighted by atomic mass is 9.95. The molecule has 1 aliphatic carbocycles. The van der Waals surface area contributed by atoms with Gasteiger partial charge in [-0.2, -0.15) is 15.3 Å². The molecule has 1 N–H and O–H groups in total. The van der Waals surface area contributed by atoms with E-state index >= 15 is 0 Å². The molecule has 0 atom stereocenters. The van der Waals surface area contributed by atoms with Crippen LogP contribution >= 0.6 is 0 Å². The Kier molecular flexibility index (Phi) is 3.18. The maximum absolute atomic E-state index is 11.1. The van der Waals surface area contributed by atoms with Crippen LogP contribution in [0.4, 0.5) is 0 Å². The number of rotatable bonds is 3. The van der Waals surface area contributed by atoms with Crippen LogP contribution in [0.15, 0.2) is 45.7 Å². The normalized spacial score (nSPS) is 19.1. The molecule has 2 aliphatic rings. The Morgan fingerprint density at radius 2 is 2.12 bits per heavy atom. The summed E-state index contributed by atoms with van der Waals surface area (Å²) in [5.41, 5.74) is 1.89. The molecule has 88 valence electrons. The molecule has 0 saturated heterocycles. The van der Waals surface area contributed by atoms with Crippen molar-refractivity contribution in [3.63, 3.8) is 0 Å². The van der Waals surface area contributed by atoms with Gasteiger partial charge in [-0.15, -0.1) is 0 Å². The Bertz CT molecular complexity index is 460. The van der Waals surface area contributed by atoms with Crippen LogP contribution in [0.3, 0.4) is 0 Å². The highest BCUT2D eigenvalue weighted by molar-refractivity contribution is 5.89. The summed E-state index contributed by atoms with van der Waals surface area (Å²) in [6.45, 7) is 4.14. The highest BCUT2D eigenvalue weighted by atomic mass is 16.4. The van der Waals surface area contributed by atoms with Gasteiger partial charge in [-0.1, -0.05) is 24.3 Å². The van der Waals surface area contributed by atoms with Gasteiger partial charge in [-0.05, 0) is 5.57 Å². The van der Waals surface area contributed by atoms with Crippen LogP contribution < -0.4 is 0 Å². The number of nitrogens with zero attached hydrogens (tertiary/aromatic N) is 3. The van der Waals surface area contributed by atoms with Crippen molar-refractivity contribution in [3.05, 3.63) is 35.5 Å². The lowest BCUT2D eigenvalue weighted by molar-refractivity contribution is -0.132. The molecule has 1 aliphatic heterocycles. The van der Waals surface area contributed by atoms with E-state index < -0.39 is 5.97 Å². The Hall–Kier alpha value is -2.17. The third kappa shape index (κ3) is 2.69. The first kappa shape index (κ1) is 11.3. The second kappa shape index (κ2) is 4.78. The van der Waals surface area contributed by atoms with Gasteiger partial charge in [0.2, 0.25) is 0 Å².